The molecule has 0 aromatic heterocycles. The van der Waals surface area contributed by atoms with Crippen molar-refractivity contribution >= 4 is 11.6 Å². The van der Waals surface area contributed by atoms with E-state index < -0.39 is 0 Å². The molecular weight excluding hydrogens is 240 g/mol. The molecule has 0 saturated carbocycles. The Morgan fingerprint density at radius 2 is 1.95 bits per heavy atom. The molecule has 3 N–H and O–H groups in total. The molecule has 0 heterocycles. The number of anilines is 1. The predicted molar refractivity (Wildman–Crippen MR) is 75.0 cm³/mol. The van der Waals surface area contributed by atoms with Crippen LogP contribution in [-0.2, 0) is 6.54 Å². The van der Waals surface area contributed by atoms with Crippen molar-refractivity contribution < 1.29 is 9.53 Å². The van der Waals surface area contributed by atoms with Crippen molar-refractivity contribution in [2.75, 3.05) is 12.8 Å². The minimum absolute atomic E-state index is 0.191. The minimum Gasteiger partial charge on any atom is -0.497 e. The summed E-state index contributed by atoms with van der Waals surface area (Å²) in [6.07, 6.45) is 0. The Morgan fingerprint density at radius 3 is 2.58 bits per heavy atom. The summed E-state index contributed by atoms with van der Waals surface area (Å²) in [5, 5.41) is 2.83. The third kappa shape index (κ3) is 3.25. The number of ether oxygens (including phenoxy) is 1. The summed E-state index contributed by atoms with van der Waals surface area (Å²) >= 11 is 0. The van der Waals surface area contributed by atoms with E-state index in [4.69, 9.17) is 10.5 Å². The van der Waals surface area contributed by atoms with Crippen LogP contribution in [0.25, 0.3) is 0 Å². The van der Waals surface area contributed by atoms with Crippen LogP contribution in [0.4, 0.5) is 5.69 Å². The van der Waals surface area contributed by atoms with Crippen molar-refractivity contribution in [1.29, 1.82) is 0 Å². The first-order chi connectivity index (χ1) is 9.20. The van der Waals surface area contributed by atoms with Gasteiger partial charge in [-0.15, -0.1) is 0 Å². The molecule has 2 aromatic carbocycles. The fourth-order valence-corrected chi connectivity index (χ4v) is 1.75. The summed E-state index contributed by atoms with van der Waals surface area (Å²) in [7, 11) is 1.56. The summed E-state index contributed by atoms with van der Waals surface area (Å²) in [6, 6.07) is 14.7. The van der Waals surface area contributed by atoms with E-state index in [1.807, 2.05) is 30.3 Å². The van der Waals surface area contributed by atoms with E-state index in [0.717, 1.165) is 5.56 Å². The molecule has 0 unspecified atom stereocenters. The highest BCUT2D eigenvalue weighted by Gasteiger charge is 2.09. The highest BCUT2D eigenvalue weighted by atomic mass is 16.5. The van der Waals surface area contributed by atoms with Crippen LogP contribution >= 0.6 is 0 Å². The molecule has 0 bridgehead atoms. The Morgan fingerprint density at radius 1 is 1.21 bits per heavy atom. The summed E-state index contributed by atoms with van der Waals surface area (Å²) in [5.74, 6) is 0.445. The second-order valence-electron chi connectivity index (χ2n) is 4.12. The van der Waals surface area contributed by atoms with E-state index >= 15 is 0 Å². The second kappa shape index (κ2) is 5.91. The number of hydrogen-bond donors (Lipinski definition) is 2. The van der Waals surface area contributed by atoms with Crippen molar-refractivity contribution in [2.45, 2.75) is 6.54 Å². The van der Waals surface area contributed by atoms with Crippen molar-refractivity contribution in [3.63, 3.8) is 0 Å². The number of nitrogen functional groups attached to an aromatic ring is 1. The lowest BCUT2D eigenvalue weighted by Crippen LogP contribution is -2.23. The lowest BCUT2D eigenvalue weighted by atomic mass is 10.1. The maximum Gasteiger partial charge on any atom is 0.253 e. The summed E-state index contributed by atoms with van der Waals surface area (Å²) in [6.45, 7) is 0.477. The normalized spacial score (nSPS) is 9.95. The monoisotopic (exact) mass is 256 g/mol. The van der Waals surface area contributed by atoms with E-state index in [1.165, 1.54) is 0 Å². The van der Waals surface area contributed by atoms with Crippen LogP contribution in [-0.4, -0.2) is 13.0 Å². The van der Waals surface area contributed by atoms with Crippen LogP contribution in [0.1, 0.15) is 15.9 Å². The first-order valence-corrected chi connectivity index (χ1v) is 5.96. The molecular formula is C15H16N2O2. The van der Waals surface area contributed by atoms with Crippen molar-refractivity contribution in [1.82, 2.24) is 5.32 Å². The molecule has 4 nitrogen and oxygen atoms in total. The van der Waals surface area contributed by atoms with Crippen LogP contribution in [0, 0.1) is 0 Å². The van der Waals surface area contributed by atoms with Crippen LogP contribution in [0.2, 0.25) is 0 Å². The van der Waals surface area contributed by atoms with Gasteiger partial charge in [0.05, 0.1) is 12.7 Å². The Balaban J connectivity index is 2.04. The van der Waals surface area contributed by atoms with Gasteiger partial charge in [0.15, 0.2) is 0 Å². The van der Waals surface area contributed by atoms with Gasteiger partial charge in [0, 0.05) is 18.3 Å². The van der Waals surface area contributed by atoms with Gasteiger partial charge in [-0.05, 0) is 17.7 Å². The summed E-state index contributed by atoms with van der Waals surface area (Å²) < 4.78 is 5.05. The molecule has 4 heteroatoms. The number of nitrogens with two attached hydrogens (primary N) is 1. The zero-order chi connectivity index (χ0) is 13.7. The van der Waals surface area contributed by atoms with Gasteiger partial charge in [-0.25, -0.2) is 0 Å². The van der Waals surface area contributed by atoms with E-state index in [-0.39, 0.29) is 5.91 Å². The van der Waals surface area contributed by atoms with Crippen LogP contribution in [0.15, 0.2) is 48.5 Å². The quantitative estimate of drug-likeness (QED) is 0.824. The predicted octanol–water partition coefficient (Wildman–Crippen LogP) is 2.21. The van der Waals surface area contributed by atoms with Gasteiger partial charge >= 0.3 is 0 Å². The second-order valence-corrected chi connectivity index (χ2v) is 4.12. The van der Waals surface area contributed by atoms with Gasteiger partial charge in [-0.3, -0.25) is 4.79 Å². The van der Waals surface area contributed by atoms with Crippen molar-refractivity contribution in [3.8, 4) is 5.75 Å². The number of methoxy groups -OCH3 is 1. The van der Waals surface area contributed by atoms with E-state index in [1.54, 1.807) is 25.3 Å². The SMILES string of the molecule is COc1ccc(C(=O)NCc2ccccc2)c(N)c1. The Hall–Kier alpha value is -2.49. The molecule has 19 heavy (non-hydrogen) atoms. The highest BCUT2D eigenvalue weighted by molar-refractivity contribution is 5.99. The van der Waals surface area contributed by atoms with Gasteiger partial charge < -0.3 is 15.8 Å². The fraction of sp³-hybridized carbons (Fsp3) is 0.133. The van der Waals surface area contributed by atoms with Crippen LogP contribution in [0.5, 0.6) is 5.75 Å². The summed E-state index contributed by atoms with van der Waals surface area (Å²) in [5.41, 5.74) is 7.73. The van der Waals surface area contributed by atoms with Crippen LogP contribution < -0.4 is 15.8 Å². The van der Waals surface area contributed by atoms with Crippen molar-refractivity contribution in [3.05, 3.63) is 59.7 Å². The number of carbonyl (C=O) groups is 1. The molecule has 98 valence electrons. The number of amides is 1. The molecule has 0 aliphatic carbocycles. The average molecular weight is 256 g/mol. The smallest absolute Gasteiger partial charge is 0.253 e. The number of benzene rings is 2. The molecule has 0 aliphatic heterocycles. The fourth-order valence-electron chi connectivity index (χ4n) is 1.75. The van der Waals surface area contributed by atoms with Gasteiger partial charge in [-0.1, -0.05) is 30.3 Å². The lowest BCUT2D eigenvalue weighted by Gasteiger charge is -2.09. The van der Waals surface area contributed by atoms with Gasteiger partial charge in [0.25, 0.3) is 5.91 Å². The topological polar surface area (TPSA) is 64.3 Å². The highest BCUT2D eigenvalue weighted by Crippen LogP contribution is 2.19. The maximum absolute atomic E-state index is 12.0. The Kier molecular flexibility index (Phi) is 4.03. The third-order valence-corrected chi connectivity index (χ3v) is 2.80. The average Bonchev–Trinajstić information content (AvgIpc) is 2.45. The molecule has 0 radical (unpaired) electrons. The number of hydrogen-bond acceptors (Lipinski definition) is 3. The van der Waals surface area contributed by atoms with E-state index in [2.05, 4.69) is 5.32 Å². The lowest BCUT2D eigenvalue weighted by molar-refractivity contribution is 0.0952. The molecule has 0 spiro atoms. The van der Waals surface area contributed by atoms with Gasteiger partial charge in [0.1, 0.15) is 5.75 Å². The van der Waals surface area contributed by atoms with E-state index in [9.17, 15) is 4.79 Å². The Bertz CT molecular complexity index is 568. The number of rotatable bonds is 4. The number of nitrogens with one attached hydrogen (secondary N) is 1. The minimum atomic E-state index is -0.191. The largest absolute Gasteiger partial charge is 0.497 e. The molecule has 1 amide bonds. The molecule has 2 aromatic rings. The number of carbonyl (C=O) groups excluding carboxylic acids is 1. The first-order valence-electron chi connectivity index (χ1n) is 5.96. The third-order valence-electron chi connectivity index (χ3n) is 2.80. The van der Waals surface area contributed by atoms with Crippen LogP contribution in [0.3, 0.4) is 0 Å². The molecule has 0 saturated heterocycles. The summed E-state index contributed by atoms with van der Waals surface area (Å²) in [4.78, 5) is 12.0. The Labute approximate surface area is 112 Å². The molecule has 0 fully saturated rings. The molecule has 0 atom stereocenters. The van der Waals surface area contributed by atoms with Gasteiger partial charge in [0.2, 0.25) is 0 Å². The zero-order valence-electron chi connectivity index (χ0n) is 10.7. The molecule has 2 rings (SSSR count). The van der Waals surface area contributed by atoms with Gasteiger partial charge in [-0.2, -0.15) is 0 Å². The molecule has 0 aliphatic rings. The van der Waals surface area contributed by atoms with Crippen molar-refractivity contribution in [2.24, 2.45) is 0 Å². The standard InChI is InChI=1S/C15H16N2O2/c1-19-12-7-8-13(14(16)9-12)15(18)17-10-11-5-3-2-4-6-11/h2-9H,10,16H2,1H3,(H,17,18). The maximum atomic E-state index is 12.0. The van der Waals surface area contributed by atoms with E-state index in [0.29, 0.717) is 23.5 Å². The first kappa shape index (κ1) is 13.0. The zero-order valence-corrected chi connectivity index (χ0v) is 10.7.